The quantitative estimate of drug-likeness (QED) is 0.681. The predicted octanol–water partition coefficient (Wildman–Crippen LogP) is 4.43. The summed E-state index contributed by atoms with van der Waals surface area (Å²) in [6, 6.07) is -2.99. The molecular weight excluding hydrogens is 385 g/mol. The van der Waals surface area contributed by atoms with Crippen LogP contribution in [0.2, 0.25) is 5.75 Å². The number of nitrogens with one attached hydrogen (secondary N) is 1. The molecule has 1 N–H and O–H groups in total. The Kier molecular flexibility index (Phi) is 2.19. The minimum atomic E-state index is -4.03. The van der Waals surface area contributed by atoms with E-state index in [4.69, 9.17) is 32.2 Å². The smallest absolute Gasteiger partial charge is 0.162 e. The van der Waals surface area contributed by atoms with Crippen molar-refractivity contribution in [2.75, 3.05) is 18.3 Å². The van der Waals surface area contributed by atoms with Crippen LogP contribution in [0, 0.1) is 17.1 Å². The molecule has 3 heterocycles. The lowest BCUT2D eigenvalue weighted by Crippen LogP contribution is -2.38. The lowest BCUT2D eigenvalue weighted by atomic mass is 10.0. The summed E-state index contributed by atoms with van der Waals surface area (Å²) in [7, 11) is 0. The van der Waals surface area contributed by atoms with Crippen molar-refractivity contribution in [1.82, 2.24) is 14.9 Å². The van der Waals surface area contributed by atoms with E-state index in [0.717, 1.165) is 0 Å². The van der Waals surface area contributed by atoms with E-state index in [1.807, 2.05) is 0 Å². The van der Waals surface area contributed by atoms with Crippen LogP contribution in [0.15, 0.2) is 30.5 Å². The average molecular weight is 417 g/mol. The van der Waals surface area contributed by atoms with Crippen molar-refractivity contribution in [3.63, 3.8) is 0 Å². The number of nitrogens with zero attached hydrogens (tertiary/aromatic N) is 4. The lowest BCUT2D eigenvalue weighted by Gasteiger charge is -2.32. The van der Waals surface area contributed by atoms with Gasteiger partial charge in [0, 0.05) is 39.2 Å². The molecule has 0 unspecified atom stereocenters. The van der Waals surface area contributed by atoms with Crippen molar-refractivity contribution in [3.05, 3.63) is 51.8 Å². The Morgan fingerprint density at radius 3 is 3.19 bits per heavy atom. The van der Waals surface area contributed by atoms with Crippen LogP contribution >= 0.6 is 22.9 Å². The van der Waals surface area contributed by atoms with Crippen molar-refractivity contribution >= 4 is 39.0 Å². The number of hydrogen-bond donors (Lipinski definition) is 1. The third-order valence-corrected chi connectivity index (χ3v) is 4.37. The van der Waals surface area contributed by atoms with Gasteiger partial charge >= 0.3 is 0 Å². The van der Waals surface area contributed by atoms with E-state index in [1.54, 1.807) is 0 Å². The first-order chi connectivity index (χ1) is 18.9. The van der Waals surface area contributed by atoms with Crippen molar-refractivity contribution in [3.8, 4) is 6.07 Å². The Morgan fingerprint density at radius 1 is 1.59 bits per heavy atom. The number of hydrogen-bond acceptors (Lipinski definition) is 6. The third-order valence-electron chi connectivity index (χ3n) is 3.19. The van der Waals surface area contributed by atoms with Gasteiger partial charge in [-0.2, -0.15) is 5.26 Å². The number of thiophene rings is 1. The second-order valence-corrected chi connectivity index (χ2v) is 6.56. The first kappa shape index (κ1) is 7.63. The Morgan fingerprint density at radius 2 is 2.41 bits per heavy atom. The van der Waals surface area contributed by atoms with Gasteiger partial charge in [-0.3, -0.25) is 4.90 Å². The van der Waals surface area contributed by atoms with Crippen LogP contribution in [-0.2, 0) is 6.50 Å². The molecule has 0 radical (unpaired) electrons. The lowest BCUT2D eigenvalue weighted by molar-refractivity contribution is 0.211. The second kappa shape index (κ2) is 7.77. The van der Waals surface area contributed by atoms with E-state index in [-0.39, 0.29) is 19.9 Å². The highest BCUT2D eigenvalue weighted by Gasteiger charge is 2.21. The van der Waals surface area contributed by atoms with Gasteiger partial charge < -0.3 is 5.31 Å². The van der Waals surface area contributed by atoms with Gasteiger partial charge in [0.1, 0.15) is 25.4 Å². The Hall–Kier alpha value is -2.27. The fourth-order valence-electron chi connectivity index (χ4n) is 2.04. The average Bonchev–Trinajstić information content (AvgIpc) is 3.15. The van der Waals surface area contributed by atoms with Gasteiger partial charge in [0.15, 0.2) is 1.41 Å². The van der Waals surface area contributed by atoms with Crippen LogP contribution < -0.4 is 5.31 Å². The van der Waals surface area contributed by atoms with E-state index >= 15 is 0 Å². The monoisotopic (exact) mass is 416 g/mol. The molecule has 27 heavy (non-hydrogen) atoms. The van der Waals surface area contributed by atoms with Crippen LogP contribution in [0.25, 0.3) is 10.2 Å². The minimum Gasteiger partial charge on any atom is -0.366 e. The molecule has 0 saturated carbocycles. The molecule has 4 rings (SSSR count). The van der Waals surface area contributed by atoms with E-state index in [2.05, 4.69) is 9.97 Å². The summed E-state index contributed by atoms with van der Waals surface area (Å²) in [5.41, 5.74) is -2.09. The van der Waals surface area contributed by atoms with Crippen molar-refractivity contribution in [1.29, 1.82) is 5.26 Å². The molecular formula is C19H17ClFN5S. The van der Waals surface area contributed by atoms with E-state index in [9.17, 15) is 9.65 Å². The number of nitriles is 1. The maximum absolute atomic E-state index is 14.2. The number of piperidine rings is 1. The summed E-state index contributed by atoms with van der Waals surface area (Å²) in [5.74, 6) is -2.23. The summed E-state index contributed by atoms with van der Waals surface area (Å²) in [6.45, 7) is -11.6. The fourth-order valence-corrected chi connectivity index (χ4v) is 3.07. The van der Waals surface area contributed by atoms with E-state index in [0.29, 0.717) is 23.5 Å². The summed E-state index contributed by atoms with van der Waals surface area (Å²) < 4.78 is 141. The molecule has 0 bridgehead atoms. The number of rotatable bonds is 4. The molecule has 0 aliphatic carbocycles. The second-order valence-electron chi connectivity index (χ2n) is 4.93. The van der Waals surface area contributed by atoms with Gasteiger partial charge in [-0.1, -0.05) is 17.7 Å². The molecule has 1 aliphatic rings. The van der Waals surface area contributed by atoms with Gasteiger partial charge in [-0.15, -0.1) is 11.3 Å². The van der Waals surface area contributed by atoms with Gasteiger partial charge in [-0.25, -0.2) is 14.4 Å². The Bertz CT molecular complexity index is 1630. The maximum atomic E-state index is 14.2. The first-order valence-corrected chi connectivity index (χ1v) is 8.37. The largest absolute Gasteiger partial charge is 0.366 e. The zero-order chi connectivity index (χ0) is 32.2. The molecule has 1 aromatic carbocycles. The first-order valence-electron chi connectivity index (χ1n) is 14.6. The van der Waals surface area contributed by atoms with Crippen molar-refractivity contribution in [2.24, 2.45) is 0 Å². The molecule has 0 spiro atoms. The van der Waals surface area contributed by atoms with E-state index in [1.165, 1.54) is 6.07 Å². The predicted molar refractivity (Wildman–Crippen MR) is 105 cm³/mol. The molecule has 1 fully saturated rings. The number of benzene rings is 1. The van der Waals surface area contributed by atoms with Crippen LogP contribution in [0.3, 0.4) is 0 Å². The number of fused-ring (bicyclic) bond motifs is 1. The summed E-state index contributed by atoms with van der Waals surface area (Å²) in [6.07, 6.45) is -8.93. The van der Waals surface area contributed by atoms with Crippen LogP contribution in [0.4, 0.5) is 10.2 Å². The fraction of sp³-hybridized carbons (Fsp3) is 0.316. The number of anilines is 1. The number of halogens is 2. The van der Waals surface area contributed by atoms with Crippen molar-refractivity contribution in [2.45, 2.75) is 25.3 Å². The molecule has 8 heteroatoms. The summed E-state index contributed by atoms with van der Waals surface area (Å²) in [4.78, 5) is 6.86. The van der Waals surface area contributed by atoms with Gasteiger partial charge in [0.05, 0.1) is 24.2 Å². The number of aromatic nitrogens is 2. The zero-order valence-corrected chi connectivity index (χ0v) is 14.6. The van der Waals surface area contributed by atoms with Crippen molar-refractivity contribution < 1.29 is 25.0 Å². The van der Waals surface area contributed by atoms with E-state index < -0.39 is 84.3 Å². The molecule has 1 aliphatic heterocycles. The molecule has 0 atom stereocenters. The molecule has 5 nitrogen and oxygen atoms in total. The molecule has 0 amide bonds. The summed E-state index contributed by atoms with van der Waals surface area (Å²) in [5, 5.41) is 8.91. The third kappa shape index (κ3) is 4.03. The topological polar surface area (TPSA) is 64.8 Å². The highest BCUT2D eigenvalue weighted by molar-refractivity contribution is 7.23. The van der Waals surface area contributed by atoms with Gasteiger partial charge in [0.2, 0.25) is 0 Å². The highest BCUT2D eigenvalue weighted by Crippen LogP contribution is 2.33. The molecule has 2 aromatic heterocycles. The Balaban J connectivity index is 2.01. The standard InChI is InChI=1S/C19H17ClFN5S/c20-17-8-16-18(27-17)19(24-11-23-16)25-14-3-5-26(6-4-14)10-12-1-2-15(21)13(7-12)9-22/h1-2,7-8,11,14H,3-6,10H2,(H,23,24,25)/i2D,3D2,4D2,5D2,6D2,8D,10D2,11D,14D/hD. The number of likely N-dealkylation sites (tertiary alicyclic amines) is 1. The maximum Gasteiger partial charge on any atom is 0.162 e. The zero-order valence-electron chi connectivity index (χ0n) is 28.1. The molecule has 1 saturated heterocycles. The summed E-state index contributed by atoms with van der Waals surface area (Å²) >= 11 is 6.54. The van der Waals surface area contributed by atoms with Crippen LogP contribution in [0.5, 0.6) is 0 Å². The minimum absolute atomic E-state index is 0.219. The van der Waals surface area contributed by atoms with Gasteiger partial charge in [-0.05, 0) is 36.5 Å². The highest BCUT2D eigenvalue weighted by atomic mass is 35.5. The van der Waals surface area contributed by atoms with Gasteiger partial charge in [0.25, 0.3) is 0 Å². The normalized spacial score (nSPS) is 33.0. The SMILES string of the molecule is [2H]c1nc(N([2H])C2([2H])C([2H])([2H])C([2H])([2H])N(C([2H])([2H])c3cc([2H])c(F)c(C#N)c3)C([2H])([2H])C2([2H])[2H])c2sc(Cl)c([2H])c2n1. The Labute approximate surface area is 186 Å². The molecule has 138 valence electrons. The van der Waals surface area contributed by atoms with Crippen LogP contribution in [0.1, 0.15) is 43.1 Å². The molecule has 3 aromatic rings. The van der Waals surface area contributed by atoms with Crippen LogP contribution in [-0.4, -0.2) is 33.9 Å².